The monoisotopic (exact) mass is 370 g/mol. The largest absolute Gasteiger partial charge is 0.366 e. The summed E-state index contributed by atoms with van der Waals surface area (Å²) in [5, 5.41) is 6.85. The molecule has 136 valence electrons. The van der Waals surface area contributed by atoms with Gasteiger partial charge in [0, 0.05) is 24.2 Å². The molecular formula is C20H23ClN4O. The minimum Gasteiger partial charge on any atom is -0.366 e. The molecule has 2 N–H and O–H groups in total. The SMILES string of the molecule is O=C(NCCC1=CCCCC1)c1cc(NCc2ccc(Cl)cc2)ncn1. The average molecular weight is 371 g/mol. The Hall–Kier alpha value is -2.40. The molecule has 1 aliphatic rings. The second-order valence-electron chi connectivity index (χ2n) is 6.38. The summed E-state index contributed by atoms with van der Waals surface area (Å²) in [6, 6.07) is 9.26. The molecule has 0 unspecified atom stereocenters. The third-order valence-corrected chi connectivity index (χ3v) is 4.66. The van der Waals surface area contributed by atoms with E-state index in [-0.39, 0.29) is 5.91 Å². The zero-order valence-corrected chi connectivity index (χ0v) is 15.4. The molecule has 1 amide bonds. The molecule has 5 nitrogen and oxygen atoms in total. The van der Waals surface area contributed by atoms with Crippen LogP contribution in [0.2, 0.25) is 5.02 Å². The van der Waals surface area contributed by atoms with Gasteiger partial charge in [-0.3, -0.25) is 4.79 Å². The van der Waals surface area contributed by atoms with E-state index in [1.165, 1.54) is 24.7 Å². The predicted molar refractivity (Wildman–Crippen MR) is 104 cm³/mol. The second-order valence-corrected chi connectivity index (χ2v) is 6.82. The van der Waals surface area contributed by atoms with Crippen LogP contribution in [0.15, 0.2) is 48.3 Å². The Balaban J connectivity index is 1.50. The first kappa shape index (κ1) is 18.4. The van der Waals surface area contributed by atoms with Crippen molar-refractivity contribution in [2.24, 2.45) is 0 Å². The van der Waals surface area contributed by atoms with Crippen LogP contribution in [-0.2, 0) is 6.54 Å². The van der Waals surface area contributed by atoms with E-state index in [4.69, 9.17) is 11.6 Å². The van der Waals surface area contributed by atoms with Crippen LogP contribution in [0.25, 0.3) is 0 Å². The molecule has 6 heteroatoms. The molecule has 0 spiro atoms. The Labute approximate surface area is 158 Å². The van der Waals surface area contributed by atoms with Crippen molar-refractivity contribution in [3.63, 3.8) is 0 Å². The topological polar surface area (TPSA) is 66.9 Å². The smallest absolute Gasteiger partial charge is 0.270 e. The molecule has 0 bridgehead atoms. The van der Waals surface area contributed by atoms with E-state index in [1.807, 2.05) is 24.3 Å². The van der Waals surface area contributed by atoms with E-state index in [1.54, 1.807) is 6.07 Å². The molecule has 1 aromatic carbocycles. The lowest BCUT2D eigenvalue weighted by molar-refractivity contribution is 0.0949. The lowest BCUT2D eigenvalue weighted by Gasteiger charge is -2.13. The molecule has 0 atom stereocenters. The van der Waals surface area contributed by atoms with Crippen molar-refractivity contribution in [1.29, 1.82) is 0 Å². The third kappa shape index (κ3) is 5.56. The molecule has 1 heterocycles. The highest BCUT2D eigenvalue weighted by Gasteiger charge is 2.09. The lowest BCUT2D eigenvalue weighted by atomic mass is 9.97. The molecule has 0 aliphatic heterocycles. The number of anilines is 1. The number of nitrogens with one attached hydrogen (secondary N) is 2. The number of benzene rings is 1. The van der Waals surface area contributed by atoms with Crippen LogP contribution in [-0.4, -0.2) is 22.4 Å². The molecular weight excluding hydrogens is 348 g/mol. The van der Waals surface area contributed by atoms with Gasteiger partial charge in [0.05, 0.1) is 0 Å². The summed E-state index contributed by atoms with van der Waals surface area (Å²) in [6.07, 6.45) is 9.48. The van der Waals surface area contributed by atoms with E-state index in [0.29, 0.717) is 29.6 Å². The van der Waals surface area contributed by atoms with Crippen molar-refractivity contribution in [2.75, 3.05) is 11.9 Å². The molecule has 1 aromatic heterocycles. The minimum atomic E-state index is -0.168. The second kappa shape index (κ2) is 9.34. The average Bonchev–Trinajstić information content (AvgIpc) is 2.68. The minimum absolute atomic E-state index is 0.168. The molecule has 3 rings (SSSR count). The van der Waals surface area contributed by atoms with Gasteiger partial charge in [-0.05, 0) is 49.8 Å². The lowest BCUT2D eigenvalue weighted by Crippen LogP contribution is -2.26. The van der Waals surface area contributed by atoms with Crippen molar-refractivity contribution in [3.05, 3.63) is 64.6 Å². The van der Waals surface area contributed by atoms with Gasteiger partial charge in [-0.15, -0.1) is 0 Å². The van der Waals surface area contributed by atoms with Gasteiger partial charge in [-0.2, -0.15) is 0 Å². The third-order valence-electron chi connectivity index (χ3n) is 4.40. The first-order chi connectivity index (χ1) is 12.7. The fourth-order valence-corrected chi connectivity index (χ4v) is 3.06. The van der Waals surface area contributed by atoms with Crippen LogP contribution >= 0.6 is 11.6 Å². The number of amides is 1. The van der Waals surface area contributed by atoms with Gasteiger partial charge in [0.25, 0.3) is 5.91 Å². The summed E-state index contributed by atoms with van der Waals surface area (Å²) in [6.45, 7) is 1.24. The Morgan fingerprint density at radius 1 is 1.15 bits per heavy atom. The highest BCUT2D eigenvalue weighted by atomic mass is 35.5. The quantitative estimate of drug-likeness (QED) is 0.710. The fraction of sp³-hybridized carbons (Fsp3) is 0.350. The highest BCUT2D eigenvalue weighted by Crippen LogP contribution is 2.19. The molecule has 0 fully saturated rings. The zero-order chi connectivity index (χ0) is 18.2. The van der Waals surface area contributed by atoms with Gasteiger partial charge in [-0.25, -0.2) is 9.97 Å². The van der Waals surface area contributed by atoms with E-state index in [0.717, 1.165) is 24.8 Å². The van der Waals surface area contributed by atoms with E-state index >= 15 is 0 Å². The van der Waals surface area contributed by atoms with Crippen LogP contribution in [0.1, 0.15) is 48.2 Å². The Bertz CT molecular complexity index is 774. The van der Waals surface area contributed by atoms with Crippen molar-refractivity contribution < 1.29 is 4.79 Å². The van der Waals surface area contributed by atoms with Crippen LogP contribution in [0.3, 0.4) is 0 Å². The van der Waals surface area contributed by atoms with Gasteiger partial charge in [0.2, 0.25) is 0 Å². The summed E-state index contributed by atoms with van der Waals surface area (Å²) >= 11 is 5.89. The van der Waals surface area contributed by atoms with Gasteiger partial charge in [-0.1, -0.05) is 35.4 Å². The molecule has 26 heavy (non-hydrogen) atoms. The standard InChI is InChI=1S/C20H23ClN4O/c21-17-8-6-16(7-9-17)13-23-19-12-18(24-14-25-19)20(26)22-11-10-15-4-2-1-3-5-15/h4,6-9,12,14H,1-3,5,10-11,13H2,(H,22,26)(H,23,24,25). The number of rotatable bonds is 7. The molecule has 0 radical (unpaired) electrons. The van der Waals surface area contributed by atoms with Gasteiger partial charge in [0.15, 0.2) is 0 Å². The normalized spacial score (nSPS) is 13.8. The van der Waals surface area contributed by atoms with Crippen LogP contribution in [0.5, 0.6) is 0 Å². The van der Waals surface area contributed by atoms with Crippen molar-refractivity contribution >= 4 is 23.3 Å². The van der Waals surface area contributed by atoms with E-state index in [2.05, 4.69) is 26.7 Å². The first-order valence-electron chi connectivity index (χ1n) is 8.97. The van der Waals surface area contributed by atoms with Gasteiger partial charge in [0.1, 0.15) is 17.8 Å². The highest BCUT2D eigenvalue weighted by molar-refractivity contribution is 6.30. The van der Waals surface area contributed by atoms with Crippen molar-refractivity contribution in [3.8, 4) is 0 Å². The van der Waals surface area contributed by atoms with Crippen LogP contribution in [0, 0.1) is 0 Å². The summed E-state index contributed by atoms with van der Waals surface area (Å²) in [4.78, 5) is 20.5. The number of carbonyl (C=O) groups excluding carboxylic acids is 1. The van der Waals surface area contributed by atoms with Crippen molar-refractivity contribution in [1.82, 2.24) is 15.3 Å². The van der Waals surface area contributed by atoms with E-state index < -0.39 is 0 Å². The number of nitrogens with zero attached hydrogens (tertiary/aromatic N) is 2. The summed E-state index contributed by atoms with van der Waals surface area (Å²) < 4.78 is 0. The maximum absolute atomic E-state index is 12.3. The number of aromatic nitrogens is 2. The van der Waals surface area contributed by atoms with E-state index in [9.17, 15) is 4.79 Å². The molecule has 2 aromatic rings. The Kier molecular flexibility index (Phi) is 6.61. The number of carbonyl (C=O) groups is 1. The number of allylic oxidation sites excluding steroid dienone is 1. The maximum atomic E-state index is 12.3. The van der Waals surface area contributed by atoms with Crippen LogP contribution < -0.4 is 10.6 Å². The van der Waals surface area contributed by atoms with Crippen molar-refractivity contribution in [2.45, 2.75) is 38.6 Å². The number of halogens is 1. The fourth-order valence-electron chi connectivity index (χ4n) is 2.93. The molecule has 0 saturated carbocycles. The maximum Gasteiger partial charge on any atom is 0.270 e. The summed E-state index contributed by atoms with van der Waals surface area (Å²) in [7, 11) is 0. The predicted octanol–water partition coefficient (Wildman–Crippen LogP) is 4.36. The number of hydrogen-bond acceptors (Lipinski definition) is 4. The Morgan fingerprint density at radius 2 is 2.00 bits per heavy atom. The van der Waals surface area contributed by atoms with Crippen LogP contribution in [0.4, 0.5) is 5.82 Å². The number of hydrogen-bond donors (Lipinski definition) is 2. The van der Waals surface area contributed by atoms with Gasteiger partial charge < -0.3 is 10.6 Å². The summed E-state index contributed by atoms with van der Waals surface area (Å²) in [5.74, 6) is 0.452. The Morgan fingerprint density at radius 3 is 2.77 bits per heavy atom. The zero-order valence-electron chi connectivity index (χ0n) is 14.7. The first-order valence-corrected chi connectivity index (χ1v) is 9.35. The van der Waals surface area contributed by atoms with Gasteiger partial charge >= 0.3 is 0 Å². The molecule has 0 saturated heterocycles. The summed E-state index contributed by atoms with van der Waals surface area (Å²) in [5.41, 5.74) is 2.90. The molecule has 1 aliphatic carbocycles.